The number of hydrogen-bond acceptors (Lipinski definition) is 3. The Kier molecular flexibility index (Phi) is 4.77. The van der Waals surface area contributed by atoms with Crippen LogP contribution < -0.4 is 0 Å². The zero-order valence-corrected chi connectivity index (χ0v) is 11.1. The highest BCUT2D eigenvalue weighted by Gasteiger charge is 2.57. The molecule has 3 heteroatoms. The zero-order chi connectivity index (χ0) is 12.2. The molecular formula is C13H26O3. The van der Waals surface area contributed by atoms with E-state index in [0.717, 1.165) is 19.3 Å². The van der Waals surface area contributed by atoms with Gasteiger partial charge in [-0.25, -0.2) is 0 Å². The van der Waals surface area contributed by atoms with Gasteiger partial charge in [-0.05, 0) is 13.3 Å². The third-order valence-corrected chi connectivity index (χ3v) is 4.15. The van der Waals surface area contributed by atoms with Gasteiger partial charge in [0.1, 0.15) is 0 Å². The molecule has 0 amide bonds. The van der Waals surface area contributed by atoms with Gasteiger partial charge in [-0.1, -0.05) is 26.2 Å². The van der Waals surface area contributed by atoms with Crippen LogP contribution in [0.25, 0.3) is 0 Å². The molecule has 1 saturated carbocycles. The van der Waals surface area contributed by atoms with Crippen molar-refractivity contribution in [2.45, 2.75) is 64.3 Å². The Morgan fingerprint density at radius 1 is 1.19 bits per heavy atom. The third-order valence-electron chi connectivity index (χ3n) is 4.15. The first kappa shape index (κ1) is 13.9. The fourth-order valence-corrected chi connectivity index (χ4v) is 2.80. The van der Waals surface area contributed by atoms with Gasteiger partial charge in [0.2, 0.25) is 0 Å². The second kappa shape index (κ2) is 5.48. The average Bonchev–Trinajstić information content (AvgIpc) is 2.22. The van der Waals surface area contributed by atoms with Crippen LogP contribution in [0.15, 0.2) is 0 Å². The third kappa shape index (κ3) is 2.58. The summed E-state index contributed by atoms with van der Waals surface area (Å²) in [6.45, 7) is 4.09. The molecule has 1 atom stereocenters. The van der Waals surface area contributed by atoms with Crippen molar-refractivity contribution < 1.29 is 14.6 Å². The number of rotatable bonds is 7. The normalized spacial score (nSPS) is 23.8. The minimum atomic E-state index is -0.441. The van der Waals surface area contributed by atoms with Crippen LogP contribution in [0, 0.1) is 5.41 Å². The molecule has 1 aliphatic carbocycles. The number of unbranched alkanes of at least 4 members (excludes halogenated alkanes) is 2. The molecule has 0 heterocycles. The Balaban J connectivity index is 2.52. The lowest BCUT2D eigenvalue weighted by Gasteiger charge is -2.56. The Morgan fingerprint density at radius 3 is 2.12 bits per heavy atom. The summed E-state index contributed by atoms with van der Waals surface area (Å²) in [4.78, 5) is 0. The highest BCUT2D eigenvalue weighted by atomic mass is 16.7. The molecule has 0 bridgehead atoms. The molecule has 0 spiro atoms. The summed E-state index contributed by atoms with van der Waals surface area (Å²) in [6, 6.07) is 0. The van der Waals surface area contributed by atoms with Gasteiger partial charge in [-0.3, -0.25) is 0 Å². The number of hydrogen-bond donors (Lipinski definition) is 1. The summed E-state index contributed by atoms with van der Waals surface area (Å²) in [7, 11) is 3.36. The molecule has 1 fully saturated rings. The molecule has 96 valence electrons. The van der Waals surface area contributed by atoms with Crippen molar-refractivity contribution in [1.82, 2.24) is 0 Å². The Bertz CT molecular complexity index is 201. The van der Waals surface area contributed by atoms with Crippen molar-refractivity contribution in [3.05, 3.63) is 0 Å². The van der Waals surface area contributed by atoms with Crippen LogP contribution in [0.5, 0.6) is 0 Å². The minimum Gasteiger partial charge on any atom is -0.393 e. The van der Waals surface area contributed by atoms with Crippen LogP contribution in [0.3, 0.4) is 0 Å². The smallest absolute Gasteiger partial charge is 0.168 e. The van der Waals surface area contributed by atoms with E-state index in [2.05, 4.69) is 6.92 Å². The van der Waals surface area contributed by atoms with E-state index in [1.165, 1.54) is 19.3 Å². The van der Waals surface area contributed by atoms with Gasteiger partial charge in [0.25, 0.3) is 0 Å². The minimum absolute atomic E-state index is 0.0151. The fourth-order valence-electron chi connectivity index (χ4n) is 2.80. The summed E-state index contributed by atoms with van der Waals surface area (Å²) in [5, 5.41) is 9.93. The van der Waals surface area contributed by atoms with Crippen molar-refractivity contribution in [3.63, 3.8) is 0 Å². The van der Waals surface area contributed by atoms with Crippen LogP contribution in [0.2, 0.25) is 0 Å². The van der Waals surface area contributed by atoms with E-state index in [4.69, 9.17) is 9.47 Å². The van der Waals surface area contributed by atoms with E-state index in [1.807, 2.05) is 6.92 Å². The molecule has 1 N–H and O–H groups in total. The van der Waals surface area contributed by atoms with Crippen molar-refractivity contribution >= 4 is 0 Å². The van der Waals surface area contributed by atoms with Crippen LogP contribution >= 0.6 is 0 Å². The Labute approximate surface area is 99.1 Å². The van der Waals surface area contributed by atoms with Crippen LogP contribution in [-0.2, 0) is 9.47 Å². The predicted molar refractivity (Wildman–Crippen MR) is 64.2 cm³/mol. The maximum Gasteiger partial charge on any atom is 0.168 e. The number of methoxy groups -OCH3 is 2. The lowest BCUT2D eigenvalue weighted by molar-refractivity contribution is -0.313. The number of ether oxygens (including phenoxy) is 2. The SMILES string of the molecule is CCCCCC1(C(C)O)CC(OC)(OC)C1. The number of aliphatic hydroxyl groups is 1. The molecule has 3 nitrogen and oxygen atoms in total. The monoisotopic (exact) mass is 230 g/mol. The first-order valence-electron chi connectivity index (χ1n) is 6.32. The fraction of sp³-hybridized carbons (Fsp3) is 1.00. The predicted octanol–water partition coefficient (Wildman–Crippen LogP) is 2.72. The lowest BCUT2D eigenvalue weighted by atomic mass is 9.59. The van der Waals surface area contributed by atoms with Crippen molar-refractivity contribution in [2.75, 3.05) is 14.2 Å². The molecule has 0 aromatic carbocycles. The van der Waals surface area contributed by atoms with Gasteiger partial charge in [0.15, 0.2) is 5.79 Å². The molecule has 0 radical (unpaired) electrons. The van der Waals surface area contributed by atoms with E-state index < -0.39 is 5.79 Å². The standard InChI is InChI=1S/C13H26O3/c1-5-6-7-8-12(11(2)14)9-13(10-12,15-3)16-4/h11,14H,5-10H2,1-4H3. The molecule has 0 saturated heterocycles. The Morgan fingerprint density at radius 2 is 1.75 bits per heavy atom. The van der Waals surface area contributed by atoms with E-state index in [0.29, 0.717) is 0 Å². The Hall–Kier alpha value is -0.120. The topological polar surface area (TPSA) is 38.7 Å². The summed E-state index contributed by atoms with van der Waals surface area (Å²) in [5.74, 6) is -0.441. The number of aliphatic hydroxyl groups excluding tert-OH is 1. The molecule has 0 aromatic rings. The van der Waals surface area contributed by atoms with Crippen LogP contribution in [-0.4, -0.2) is 31.2 Å². The second-order valence-electron chi connectivity index (χ2n) is 5.17. The highest BCUT2D eigenvalue weighted by molar-refractivity contribution is 5.02. The maximum absolute atomic E-state index is 9.93. The largest absolute Gasteiger partial charge is 0.393 e. The maximum atomic E-state index is 9.93. The van der Waals surface area contributed by atoms with E-state index >= 15 is 0 Å². The molecule has 16 heavy (non-hydrogen) atoms. The summed E-state index contributed by atoms with van der Waals surface area (Å²) in [6.07, 6.45) is 6.07. The van der Waals surface area contributed by atoms with Gasteiger partial charge in [-0.15, -0.1) is 0 Å². The molecule has 1 unspecified atom stereocenters. The van der Waals surface area contributed by atoms with E-state index in [-0.39, 0.29) is 11.5 Å². The summed E-state index contributed by atoms with van der Waals surface area (Å²) < 4.78 is 10.8. The van der Waals surface area contributed by atoms with Crippen molar-refractivity contribution in [2.24, 2.45) is 5.41 Å². The molecular weight excluding hydrogens is 204 g/mol. The van der Waals surface area contributed by atoms with Gasteiger partial charge in [0.05, 0.1) is 6.10 Å². The van der Waals surface area contributed by atoms with E-state index in [1.54, 1.807) is 14.2 Å². The highest BCUT2D eigenvalue weighted by Crippen LogP contribution is 2.55. The zero-order valence-electron chi connectivity index (χ0n) is 11.1. The van der Waals surface area contributed by atoms with Crippen molar-refractivity contribution in [1.29, 1.82) is 0 Å². The average molecular weight is 230 g/mol. The van der Waals surface area contributed by atoms with Gasteiger partial charge in [0, 0.05) is 32.5 Å². The second-order valence-corrected chi connectivity index (χ2v) is 5.17. The van der Waals surface area contributed by atoms with Gasteiger partial charge >= 0.3 is 0 Å². The quantitative estimate of drug-likeness (QED) is 0.540. The first-order chi connectivity index (χ1) is 7.54. The van der Waals surface area contributed by atoms with Crippen LogP contribution in [0.1, 0.15) is 52.4 Å². The van der Waals surface area contributed by atoms with Gasteiger partial charge < -0.3 is 14.6 Å². The molecule has 0 aromatic heterocycles. The first-order valence-corrected chi connectivity index (χ1v) is 6.32. The summed E-state index contributed by atoms with van der Waals surface area (Å²) >= 11 is 0. The van der Waals surface area contributed by atoms with Crippen LogP contribution in [0.4, 0.5) is 0 Å². The van der Waals surface area contributed by atoms with Gasteiger partial charge in [-0.2, -0.15) is 0 Å². The van der Waals surface area contributed by atoms with Crippen molar-refractivity contribution in [3.8, 4) is 0 Å². The van der Waals surface area contributed by atoms with E-state index in [9.17, 15) is 5.11 Å². The molecule has 0 aliphatic heterocycles. The molecule has 1 aliphatic rings. The lowest BCUT2D eigenvalue weighted by Crippen LogP contribution is -2.58. The molecule has 1 rings (SSSR count). The summed E-state index contributed by atoms with van der Waals surface area (Å²) in [5.41, 5.74) is 0.0151.